The molecule has 0 saturated carbocycles. The molecule has 2 aliphatic rings. The number of piperidine rings is 1. The van der Waals surface area contributed by atoms with Gasteiger partial charge in [-0.2, -0.15) is 0 Å². The lowest BCUT2D eigenvalue weighted by Gasteiger charge is -2.36. The van der Waals surface area contributed by atoms with Crippen LogP contribution in [0.2, 0.25) is 0 Å². The van der Waals surface area contributed by atoms with Crippen LogP contribution in [-0.4, -0.2) is 24.5 Å². The number of phenolic OH excluding ortho intramolecular Hbond substituents is 1. The van der Waals surface area contributed by atoms with Crippen molar-refractivity contribution in [2.45, 2.75) is 51.9 Å². The highest BCUT2D eigenvalue weighted by Crippen LogP contribution is 2.45. The number of aryl methyl sites for hydroxylation is 1. The van der Waals surface area contributed by atoms with Crippen LogP contribution in [0.25, 0.3) is 0 Å². The summed E-state index contributed by atoms with van der Waals surface area (Å²) in [6.07, 6.45) is 5.74. The molecule has 160 valence electrons. The van der Waals surface area contributed by atoms with Crippen LogP contribution in [0.1, 0.15) is 62.1 Å². The first kappa shape index (κ1) is 20.9. The molecule has 0 bridgehead atoms. The van der Waals surface area contributed by atoms with Gasteiger partial charge in [0.05, 0.1) is 5.69 Å². The van der Waals surface area contributed by atoms with E-state index in [4.69, 9.17) is 0 Å². The Kier molecular flexibility index (Phi) is 6.12. The van der Waals surface area contributed by atoms with Gasteiger partial charge in [0.2, 0.25) is 0 Å². The third-order valence-corrected chi connectivity index (χ3v) is 6.90. The summed E-state index contributed by atoms with van der Waals surface area (Å²) in [7, 11) is 0. The topological polar surface area (TPSA) is 40.5 Å². The second kappa shape index (κ2) is 8.79. The Bertz CT molecular complexity index is 902. The zero-order valence-electron chi connectivity index (χ0n) is 18.0. The fourth-order valence-electron chi connectivity index (χ4n) is 5.43. The Morgan fingerprint density at radius 3 is 2.57 bits per heavy atom. The number of hydrogen-bond acceptors (Lipinski definition) is 3. The lowest BCUT2D eigenvalue weighted by molar-refractivity contribution is -0.111. The van der Waals surface area contributed by atoms with Crippen molar-refractivity contribution in [3.05, 3.63) is 58.9 Å². The number of hydrogen-bond donors (Lipinski definition) is 1. The Morgan fingerprint density at radius 2 is 1.90 bits per heavy atom. The summed E-state index contributed by atoms with van der Waals surface area (Å²) in [5, 5.41) is 9.93. The van der Waals surface area contributed by atoms with Gasteiger partial charge in [0.15, 0.2) is 0 Å². The van der Waals surface area contributed by atoms with Crippen molar-refractivity contribution >= 4 is 12.0 Å². The zero-order valence-corrected chi connectivity index (χ0v) is 18.0. The monoisotopic (exact) mass is 409 g/mol. The number of halogens is 1. The minimum absolute atomic E-state index is 0.107. The number of carbonyl (C=O) groups is 1. The standard InChI is InChI=1S/C26H32FNO2/c1-17(2)13-20-4-3-19-14-22(30)6-7-23(19)26(20)21-5-8-25(24(27)15-21)28-11-9-18(16-29)10-12-28/h5-8,14-18,20,26,30H,3-4,9-13H2,1-2H3/t20-,26-/m1/s1. The van der Waals surface area contributed by atoms with Crippen molar-refractivity contribution in [3.63, 3.8) is 0 Å². The van der Waals surface area contributed by atoms with E-state index < -0.39 is 0 Å². The Balaban J connectivity index is 1.65. The molecule has 30 heavy (non-hydrogen) atoms. The SMILES string of the molecule is CC(C)C[C@H]1CCc2cc(O)ccc2[C@H]1c1ccc(N2CCC(C=O)CC2)c(F)c1. The van der Waals surface area contributed by atoms with E-state index in [2.05, 4.69) is 24.8 Å². The molecule has 0 aromatic heterocycles. The number of fused-ring (bicyclic) bond motifs is 1. The first-order chi connectivity index (χ1) is 14.5. The van der Waals surface area contributed by atoms with Gasteiger partial charge in [-0.1, -0.05) is 26.0 Å². The second-order valence-corrected chi connectivity index (χ2v) is 9.46. The number of phenols is 1. The average Bonchev–Trinajstić information content (AvgIpc) is 2.73. The number of aromatic hydroxyl groups is 1. The maximum absolute atomic E-state index is 15.2. The maximum atomic E-state index is 15.2. The summed E-state index contributed by atoms with van der Waals surface area (Å²) >= 11 is 0. The molecular weight excluding hydrogens is 377 g/mol. The van der Waals surface area contributed by atoms with Crippen LogP contribution in [0.3, 0.4) is 0 Å². The minimum Gasteiger partial charge on any atom is -0.508 e. The largest absolute Gasteiger partial charge is 0.508 e. The molecule has 3 nitrogen and oxygen atoms in total. The molecular formula is C26H32FNO2. The van der Waals surface area contributed by atoms with E-state index in [-0.39, 0.29) is 17.7 Å². The third kappa shape index (κ3) is 4.23. The molecule has 1 heterocycles. The minimum atomic E-state index is -0.175. The van der Waals surface area contributed by atoms with E-state index in [9.17, 15) is 9.90 Å². The van der Waals surface area contributed by atoms with Crippen LogP contribution >= 0.6 is 0 Å². The van der Waals surface area contributed by atoms with Gasteiger partial charge >= 0.3 is 0 Å². The quantitative estimate of drug-likeness (QED) is 0.645. The maximum Gasteiger partial charge on any atom is 0.146 e. The Morgan fingerprint density at radius 1 is 1.13 bits per heavy atom. The highest BCUT2D eigenvalue weighted by atomic mass is 19.1. The van der Waals surface area contributed by atoms with Crippen molar-refractivity contribution in [2.75, 3.05) is 18.0 Å². The molecule has 4 heteroatoms. The van der Waals surface area contributed by atoms with E-state index in [1.807, 2.05) is 18.2 Å². The molecule has 1 fully saturated rings. The fraction of sp³-hybridized carbons (Fsp3) is 0.500. The van der Waals surface area contributed by atoms with Gasteiger partial charge in [0.25, 0.3) is 0 Å². The molecule has 0 amide bonds. The van der Waals surface area contributed by atoms with Gasteiger partial charge < -0.3 is 14.8 Å². The number of benzene rings is 2. The van der Waals surface area contributed by atoms with Crippen LogP contribution in [-0.2, 0) is 11.2 Å². The lowest BCUT2D eigenvalue weighted by atomic mass is 9.69. The molecule has 1 saturated heterocycles. The predicted molar refractivity (Wildman–Crippen MR) is 119 cm³/mol. The summed E-state index contributed by atoms with van der Waals surface area (Å²) in [6.45, 7) is 5.94. The molecule has 0 spiro atoms. The smallest absolute Gasteiger partial charge is 0.146 e. The predicted octanol–water partition coefficient (Wildman–Crippen LogP) is 5.69. The van der Waals surface area contributed by atoms with Gasteiger partial charge in [-0.25, -0.2) is 4.39 Å². The molecule has 0 radical (unpaired) electrons. The van der Waals surface area contributed by atoms with Crippen LogP contribution in [0.15, 0.2) is 36.4 Å². The van der Waals surface area contributed by atoms with E-state index in [1.165, 1.54) is 11.1 Å². The molecule has 4 rings (SSSR count). The van der Waals surface area contributed by atoms with Crippen molar-refractivity contribution in [2.24, 2.45) is 17.8 Å². The van der Waals surface area contributed by atoms with Crippen LogP contribution in [0, 0.1) is 23.6 Å². The number of anilines is 1. The van der Waals surface area contributed by atoms with Crippen molar-refractivity contribution < 1.29 is 14.3 Å². The van der Waals surface area contributed by atoms with Crippen LogP contribution < -0.4 is 4.90 Å². The van der Waals surface area contributed by atoms with Gasteiger partial charge in [0, 0.05) is 24.9 Å². The molecule has 1 aliphatic heterocycles. The van der Waals surface area contributed by atoms with E-state index >= 15 is 4.39 Å². The zero-order chi connectivity index (χ0) is 21.3. The van der Waals surface area contributed by atoms with Crippen molar-refractivity contribution in [3.8, 4) is 5.75 Å². The molecule has 0 unspecified atom stereocenters. The Labute approximate surface area is 178 Å². The third-order valence-electron chi connectivity index (χ3n) is 6.90. The first-order valence-electron chi connectivity index (χ1n) is 11.3. The number of nitrogens with zero attached hydrogens (tertiary/aromatic N) is 1. The first-order valence-corrected chi connectivity index (χ1v) is 11.3. The highest BCUT2D eigenvalue weighted by Gasteiger charge is 2.32. The molecule has 2 aromatic rings. The van der Waals surface area contributed by atoms with E-state index in [0.717, 1.165) is 57.0 Å². The summed E-state index contributed by atoms with van der Waals surface area (Å²) < 4.78 is 15.2. The summed E-state index contributed by atoms with van der Waals surface area (Å²) in [5.41, 5.74) is 4.07. The highest BCUT2D eigenvalue weighted by molar-refractivity contribution is 5.56. The normalized spacial score (nSPS) is 22.2. The summed E-state index contributed by atoms with van der Waals surface area (Å²) in [5.74, 6) is 1.44. The molecule has 2 atom stereocenters. The lowest BCUT2D eigenvalue weighted by Crippen LogP contribution is -2.34. The number of aldehydes is 1. The van der Waals surface area contributed by atoms with Crippen LogP contribution in [0.4, 0.5) is 10.1 Å². The van der Waals surface area contributed by atoms with E-state index in [1.54, 1.807) is 12.1 Å². The van der Waals surface area contributed by atoms with Gasteiger partial charge in [-0.3, -0.25) is 0 Å². The molecule has 1 N–H and O–H groups in total. The molecule has 2 aromatic carbocycles. The Hall–Kier alpha value is -2.36. The van der Waals surface area contributed by atoms with Crippen LogP contribution in [0.5, 0.6) is 5.75 Å². The second-order valence-electron chi connectivity index (χ2n) is 9.46. The van der Waals surface area contributed by atoms with Crippen molar-refractivity contribution in [1.29, 1.82) is 0 Å². The average molecular weight is 410 g/mol. The number of carbonyl (C=O) groups excluding carboxylic acids is 1. The van der Waals surface area contributed by atoms with E-state index in [0.29, 0.717) is 23.3 Å². The fourth-order valence-corrected chi connectivity index (χ4v) is 5.43. The summed E-state index contributed by atoms with van der Waals surface area (Å²) in [6, 6.07) is 11.4. The van der Waals surface area contributed by atoms with Gasteiger partial charge in [-0.15, -0.1) is 0 Å². The molecule has 1 aliphatic carbocycles. The van der Waals surface area contributed by atoms with Gasteiger partial charge in [-0.05, 0) is 84.9 Å². The summed E-state index contributed by atoms with van der Waals surface area (Å²) in [4.78, 5) is 13.1. The number of rotatable bonds is 5. The van der Waals surface area contributed by atoms with Crippen molar-refractivity contribution in [1.82, 2.24) is 0 Å². The van der Waals surface area contributed by atoms with Gasteiger partial charge in [0.1, 0.15) is 17.9 Å².